The average molecular weight is 590 g/mol. The lowest BCUT2D eigenvalue weighted by atomic mass is 9.81. The maximum absolute atomic E-state index is 13.4. The minimum Gasteiger partial charge on any atom is -0.436 e. The summed E-state index contributed by atoms with van der Waals surface area (Å²) < 4.78 is 5.17. The highest BCUT2D eigenvalue weighted by molar-refractivity contribution is 6.38. The molecular weight excluding hydrogens is 542 g/mol. The second-order valence-electron chi connectivity index (χ2n) is 13.8. The third-order valence-corrected chi connectivity index (χ3v) is 9.16. The quantitative estimate of drug-likeness (QED) is 0.280. The van der Waals surface area contributed by atoms with Crippen LogP contribution in [-0.2, 0) is 28.7 Å². The molecule has 12 heteroatoms. The fourth-order valence-electron chi connectivity index (χ4n) is 6.61. The number of amides is 5. The molecule has 4 aliphatic rings. The van der Waals surface area contributed by atoms with Crippen LogP contribution in [0.2, 0.25) is 0 Å². The number of rotatable bonds is 10. The molecule has 5 amide bonds. The van der Waals surface area contributed by atoms with Gasteiger partial charge in [0.1, 0.15) is 0 Å². The fourth-order valence-corrected chi connectivity index (χ4v) is 6.61. The first-order chi connectivity index (χ1) is 19.8. The van der Waals surface area contributed by atoms with Crippen LogP contribution in [0.1, 0.15) is 97.8 Å². The summed E-state index contributed by atoms with van der Waals surface area (Å²) in [6, 6.07) is -1.33. The van der Waals surface area contributed by atoms with E-state index in [1.165, 1.54) is 0 Å². The van der Waals surface area contributed by atoms with E-state index in [0.717, 1.165) is 44.9 Å². The highest BCUT2D eigenvalue weighted by atomic mass is 16.6. The van der Waals surface area contributed by atoms with Gasteiger partial charge < -0.3 is 31.3 Å². The Kier molecular flexibility index (Phi) is 9.82. The topological polar surface area (TPSA) is 177 Å². The highest BCUT2D eigenvalue weighted by Crippen LogP contribution is 2.37. The van der Waals surface area contributed by atoms with E-state index in [1.54, 1.807) is 0 Å². The van der Waals surface area contributed by atoms with Gasteiger partial charge in [-0.2, -0.15) is 0 Å². The summed E-state index contributed by atoms with van der Waals surface area (Å²) in [6.45, 7) is 6.67. The standard InChI is InChI=1S/C30H47N5O7/c1-29(2,3)27(40)35-13-11-30(12-14-35)17-19(24(37)34-30)16-21(23(36)26(39)32-20-9-10-20)33-25(38)22(42-28(31)41)15-18-7-5-4-6-8-18/h18-22H,4-17H2,1-3H3,(H2,31,41)(H,32,39)(H,33,38)(H,34,37)/t19?,21?,22-/m0/s1. The Bertz CT molecular complexity index is 1070. The molecule has 12 nitrogen and oxygen atoms in total. The van der Waals surface area contributed by atoms with E-state index in [-0.39, 0.29) is 36.6 Å². The van der Waals surface area contributed by atoms with Gasteiger partial charge in [-0.3, -0.25) is 24.0 Å². The van der Waals surface area contributed by atoms with Crippen molar-refractivity contribution in [2.75, 3.05) is 13.1 Å². The largest absolute Gasteiger partial charge is 0.436 e. The zero-order valence-corrected chi connectivity index (χ0v) is 25.2. The Morgan fingerprint density at radius 3 is 2.24 bits per heavy atom. The summed E-state index contributed by atoms with van der Waals surface area (Å²) in [4.78, 5) is 78.8. The number of nitrogens with zero attached hydrogens (tertiary/aromatic N) is 1. The van der Waals surface area contributed by atoms with Crippen LogP contribution in [0.3, 0.4) is 0 Å². The van der Waals surface area contributed by atoms with Crippen LogP contribution in [-0.4, -0.2) is 77.2 Å². The molecule has 4 rings (SSSR count). The number of ether oxygens (including phenoxy) is 1. The molecule has 0 aromatic rings. The van der Waals surface area contributed by atoms with Gasteiger partial charge in [-0.25, -0.2) is 4.79 Å². The van der Waals surface area contributed by atoms with Crippen LogP contribution in [0.15, 0.2) is 0 Å². The number of primary amides is 1. The molecule has 2 saturated heterocycles. The molecule has 2 heterocycles. The van der Waals surface area contributed by atoms with E-state index in [0.29, 0.717) is 32.4 Å². The Hall–Kier alpha value is -3.18. The van der Waals surface area contributed by atoms with E-state index < -0.39 is 52.7 Å². The van der Waals surface area contributed by atoms with Crippen molar-refractivity contribution in [2.45, 2.75) is 122 Å². The molecule has 2 unspecified atom stereocenters. The normalized spacial score (nSPS) is 23.9. The van der Waals surface area contributed by atoms with Gasteiger partial charge in [0, 0.05) is 36.0 Å². The van der Waals surface area contributed by atoms with Crippen LogP contribution in [0.25, 0.3) is 0 Å². The number of likely N-dealkylation sites (tertiary alicyclic amines) is 1. The van der Waals surface area contributed by atoms with Crippen LogP contribution in [0.5, 0.6) is 0 Å². The molecule has 0 aromatic heterocycles. The first-order valence-corrected chi connectivity index (χ1v) is 15.5. The van der Waals surface area contributed by atoms with Crippen molar-refractivity contribution in [3.8, 4) is 0 Å². The third-order valence-electron chi connectivity index (χ3n) is 9.16. The molecule has 4 fully saturated rings. The monoisotopic (exact) mass is 589 g/mol. The second-order valence-corrected chi connectivity index (χ2v) is 13.8. The van der Waals surface area contributed by atoms with Gasteiger partial charge in [0.25, 0.3) is 11.8 Å². The molecule has 0 radical (unpaired) electrons. The van der Waals surface area contributed by atoms with E-state index in [2.05, 4.69) is 16.0 Å². The maximum atomic E-state index is 13.4. The van der Waals surface area contributed by atoms with E-state index in [1.807, 2.05) is 25.7 Å². The van der Waals surface area contributed by atoms with Gasteiger partial charge >= 0.3 is 6.09 Å². The zero-order valence-electron chi connectivity index (χ0n) is 25.2. The van der Waals surface area contributed by atoms with Crippen LogP contribution in [0.4, 0.5) is 4.79 Å². The minimum absolute atomic E-state index is 0.0610. The van der Waals surface area contributed by atoms with Gasteiger partial charge in [0.15, 0.2) is 6.10 Å². The average Bonchev–Trinajstić information content (AvgIpc) is 3.69. The summed E-state index contributed by atoms with van der Waals surface area (Å²) in [7, 11) is 0. The van der Waals surface area contributed by atoms with Gasteiger partial charge in [0.05, 0.1) is 6.04 Å². The number of carbonyl (C=O) groups excluding carboxylic acids is 6. The van der Waals surface area contributed by atoms with Crippen molar-refractivity contribution in [1.82, 2.24) is 20.9 Å². The van der Waals surface area contributed by atoms with E-state index in [9.17, 15) is 28.8 Å². The third kappa shape index (κ3) is 8.22. The SMILES string of the molecule is CC(C)(C)C(=O)N1CCC2(CC1)CC(CC(NC(=O)[C@H](CC1CCCCC1)OC(N)=O)C(=O)C(=O)NC1CC1)C(=O)N2. The number of carbonyl (C=O) groups is 6. The van der Waals surface area contributed by atoms with Crippen molar-refractivity contribution in [3.05, 3.63) is 0 Å². The molecule has 2 saturated carbocycles. The van der Waals surface area contributed by atoms with Crippen molar-refractivity contribution in [3.63, 3.8) is 0 Å². The number of hydrogen-bond acceptors (Lipinski definition) is 7. The van der Waals surface area contributed by atoms with Crippen LogP contribution in [0, 0.1) is 17.3 Å². The lowest BCUT2D eigenvalue weighted by Gasteiger charge is -2.41. The predicted molar refractivity (Wildman–Crippen MR) is 153 cm³/mol. The Labute approximate surface area is 247 Å². The van der Waals surface area contributed by atoms with Gasteiger partial charge in [-0.1, -0.05) is 52.9 Å². The summed E-state index contributed by atoms with van der Waals surface area (Å²) >= 11 is 0. The molecule has 3 atom stereocenters. The summed E-state index contributed by atoms with van der Waals surface area (Å²) in [5, 5.41) is 8.42. The van der Waals surface area contributed by atoms with E-state index >= 15 is 0 Å². The molecular formula is C30H47N5O7. The fraction of sp³-hybridized carbons (Fsp3) is 0.800. The first-order valence-electron chi connectivity index (χ1n) is 15.5. The Balaban J connectivity index is 1.44. The van der Waals surface area contributed by atoms with Crippen molar-refractivity contribution >= 4 is 35.5 Å². The highest BCUT2D eigenvalue weighted by Gasteiger charge is 2.48. The molecule has 1 spiro atoms. The van der Waals surface area contributed by atoms with Gasteiger partial charge in [-0.15, -0.1) is 0 Å². The zero-order chi connectivity index (χ0) is 30.7. The Morgan fingerprint density at radius 1 is 1.02 bits per heavy atom. The minimum atomic E-state index is -1.27. The molecule has 2 aliphatic carbocycles. The number of piperidine rings is 1. The number of ketones is 1. The molecule has 0 aromatic carbocycles. The van der Waals surface area contributed by atoms with Crippen LogP contribution < -0.4 is 21.7 Å². The summed E-state index contributed by atoms with van der Waals surface area (Å²) in [5.74, 6) is -2.94. The van der Waals surface area contributed by atoms with Crippen LogP contribution >= 0.6 is 0 Å². The summed E-state index contributed by atoms with van der Waals surface area (Å²) in [5.41, 5.74) is 4.26. The van der Waals surface area contributed by atoms with Crippen molar-refractivity contribution < 1.29 is 33.5 Å². The number of nitrogens with two attached hydrogens (primary N) is 1. The first kappa shape index (κ1) is 31.7. The molecule has 0 bridgehead atoms. The van der Waals surface area contributed by atoms with Gasteiger partial charge in [0.2, 0.25) is 17.6 Å². The Morgan fingerprint density at radius 2 is 1.67 bits per heavy atom. The molecule has 2 aliphatic heterocycles. The molecule has 5 N–H and O–H groups in total. The smallest absolute Gasteiger partial charge is 0.405 e. The maximum Gasteiger partial charge on any atom is 0.405 e. The number of nitrogens with one attached hydrogen (secondary N) is 3. The number of hydrogen-bond donors (Lipinski definition) is 4. The van der Waals surface area contributed by atoms with Crippen molar-refractivity contribution in [2.24, 2.45) is 23.0 Å². The van der Waals surface area contributed by atoms with E-state index in [4.69, 9.17) is 10.5 Å². The molecule has 234 valence electrons. The summed E-state index contributed by atoms with van der Waals surface area (Å²) in [6.07, 6.45) is 6.08. The van der Waals surface area contributed by atoms with Gasteiger partial charge in [-0.05, 0) is 50.9 Å². The predicted octanol–water partition coefficient (Wildman–Crippen LogP) is 1.69. The lowest BCUT2D eigenvalue weighted by Crippen LogP contribution is -2.53. The lowest BCUT2D eigenvalue weighted by molar-refractivity contribution is -0.142. The number of Topliss-reactive ketones (excluding diaryl/α,β-unsaturated/α-hetero) is 1. The second kappa shape index (κ2) is 13.0. The van der Waals surface area contributed by atoms with Crippen molar-refractivity contribution in [1.29, 1.82) is 0 Å². The molecule has 42 heavy (non-hydrogen) atoms.